The van der Waals surface area contributed by atoms with E-state index in [1.807, 2.05) is 204 Å². The molecule has 7 aromatic carbocycles. The lowest BCUT2D eigenvalue weighted by molar-refractivity contribution is -0.130. The molecule has 734 valence electrons. The summed E-state index contributed by atoms with van der Waals surface area (Å²) >= 11 is 0. The SMILES string of the molecule is CCCCCCCc1ccc(-c2ccc(/C=C/C(=O)N3CCCCC3)cc2)nc1.CCCCCc1ccc(-c2ccc(/C=C/C(=O)N3CCOCC3)cc2)nc1.CCCCCc1ccc(-c2ccc(/C=C/C(=O)NC(C)c3ccccc3)cc2)nc1.CCCCCc1ccc(-c2ccc(/C=C/C(=O)Nc3ccc(OC)cc3)cc2)nc1.CCCc1ccc(-c2ccc(/C=C/C(=O)N3CCOCC3)cc2)nc1. The van der Waals surface area contributed by atoms with Gasteiger partial charge in [-0.05, 0) is 230 Å². The van der Waals surface area contributed by atoms with Crippen LogP contribution in [0.1, 0.15) is 224 Å². The fourth-order valence-electron chi connectivity index (χ4n) is 16.3. The number of amides is 5. The van der Waals surface area contributed by atoms with E-state index in [1.54, 1.807) is 49.6 Å². The molecule has 1 unspecified atom stereocenters. The number of likely N-dealkylation sites (tertiary alicyclic amines) is 1. The molecule has 12 aromatic rings. The van der Waals surface area contributed by atoms with Gasteiger partial charge in [-0.3, -0.25) is 48.9 Å². The number of carbonyl (C=O) groups is 5. The summed E-state index contributed by atoms with van der Waals surface area (Å²) in [4.78, 5) is 89.4. The van der Waals surface area contributed by atoms with Crippen molar-refractivity contribution in [1.29, 1.82) is 0 Å². The molecule has 0 spiro atoms. The molecule has 2 N–H and O–H groups in total. The summed E-state index contributed by atoms with van der Waals surface area (Å²) in [5.41, 5.74) is 23.6. The predicted octanol–water partition coefficient (Wildman–Crippen LogP) is 26.7. The Labute approximate surface area is 838 Å². The second kappa shape index (κ2) is 61.5. The second-order valence-electron chi connectivity index (χ2n) is 35.9. The van der Waals surface area contributed by atoms with E-state index in [-0.39, 0.29) is 35.6 Å². The van der Waals surface area contributed by atoms with Gasteiger partial charge in [0.15, 0.2) is 0 Å². The van der Waals surface area contributed by atoms with Crippen LogP contribution in [0.5, 0.6) is 5.75 Å². The number of hydrogen-bond acceptors (Lipinski definition) is 13. The van der Waals surface area contributed by atoms with Crippen molar-refractivity contribution in [2.75, 3.05) is 78.1 Å². The molecule has 3 aliphatic rings. The number of ether oxygens (including phenoxy) is 3. The number of anilines is 1. The summed E-state index contributed by atoms with van der Waals surface area (Å²) in [6.45, 7) is 20.0. The highest BCUT2D eigenvalue weighted by Crippen LogP contribution is 2.28. The van der Waals surface area contributed by atoms with E-state index in [4.69, 9.17) is 14.2 Å². The van der Waals surface area contributed by atoms with Gasteiger partial charge in [-0.2, -0.15) is 0 Å². The van der Waals surface area contributed by atoms with E-state index < -0.39 is 0 Å². The average Bonchev–Trinajstić information content (AvgIpc) is 0.860. The van der Waals surface area contributed by atoms with E-state index in [9.17, 15) is 24.0 Å². The number of carbonyl (C=O) groups excluding carboxylic acids is 5. The van der Waals surface area contributed by atoms with Crippen LogP contribution in [-0.2, 0) is 65.6 Å². The quantitative estimate of drug-likeness (QED) is 0.0271. The third kappa shape index (κ3) is 38.6. The molecule has 0 aliphatic carbocycles. The Kier molecular flexibility index (Phi) is 46.9. The number of nitrogens with one attached hydrogen (secondary N) is 2. The molecule has 0 radical (unpaired) electrons. The molecule has 18 heteroatoms. The second-order valence-corrected chi connectivity index (χ2v) is 35.9. The summed E-state index contributed by atoms with van der Waals surface area (Å²) in [5, 5.41) is 5.82. The van der Waals surface area contributed by atoms with Crippen LogP contribution < -0.4 is 15.4 Å². The predicted molar refractivity (Wildman–Crippen MR) is 580 cm³/mol. The molecular formula is C123H144N10O8. The van der Waals surface area contributed by atoms with Crippen LogP contribution in [0.4, 0.5) is 5.69 Å². The maximum Gasteiger partial charge on any atom is 0.248 e. The molecule has 5 aromatic heterocycles. The van der Waals surface area contributed by atoms with Gasteiger partial charge >= 0.3 is 0 Å². The number of pyridine rings is 5. The van der Waals surface area contributed by atoms with Crippen LogP contribution in [0, 0.1) is 0 Å². The highest BCUT2D eigenvalue weighted by Gasteiger charge is 2.19. The Balaban J connectivity index is 0.000000169. The van der Waals surface area contributed by atoms with E-state index >= 15 is 0 Å². The fourth-order valence-corrected chi connectivity index (χ4v) is 16.3. The van der Waals surface area contributed by atoms with Crippen LogP contribution >= 0.6 is 0 Å². The Morgan fingerprint density at radius 2 is 0.617 bits per heavy atom. The van der Waals surface area contributed by atoms with Crippen molar-refractivity contribution in [1.82, 2.24) is 44.9 Å². The van der Waals surface area contributed by atoms with Gasteiger partial charge in [0.2, 0.25) is 29.5 Å². The lowest BCUT2D eigenvalue weighted by Gasteiger charge is -2.25. The molecular weight excluding hydrogens is 1750 g/mol. The first-order valence-electron chi connectivity index (χ1n) is 51.1. The standard InChI is InChI=1S/C27H30N2O.C26H28N2O2.C26H34N2O.C23H28N2O2.C21H24N2O2/c1-3-4-6-9-23-14-18-26(28-20-23)25-16-12-22(13-17-25)15-19-27(30)29-21(2)24-10-7-5-8-11-24;1-3-4-5-6-21-9-17-25(27-19-21)22-11-7-20(8-12-22)10-18-26(29)28-23-13-15-24(30-2)16-14-23;1-2-3-4-5-7-10-23-13-17-25(27-21-23)24-15-11-22(12-16-24)14-18-26(29)28-19-8-6-9-20-28;1-2-3-4-5-20-8-12-22(24-18-20)21-10-6-19(7-11-21)9-13-23(26)25-14-16-27-17-15-25;1-2-3-18-6-10-20(22-16-18)19-8-4-17(5-9-19)7-11-21(24)23-12-14-25-15-13-23/h5,7-8,10-21H,3-4,6,9H2,1-2H3,(H,29,30);7-19H,3-6H2,1-2H3,(H,28,29);11-18,21H,2-10,19-20H2,1H3;6-13,18H,2-5,14-17H2,1H3;4-11,16H,2-3,12-15H2,1H3/b19-15+;18-10+;18-14+;13-9+;11-7+. The minimum atomic E-state index is -0.176. The van der Waals surface area contributed by atoms with E-state index in [1.165, 1.54) is 130 Å². The van der Waals surface area contributed by atoms with Gasteiger partial charge < -0.3 is 39.5 Å². The number of piperidine rings is 1. The number of benzene rings is 7. The number of hydrogen-bond donors (Lipinski definition) is 2. The Morgan fingerprint density at radius 1 is 0.319 bits per heavy atom. The van der Waals surface area contributed by atoms with E-state index in [0.717, 1.165) is 166 Å². The third-order valence-electron chi connectivity index (χ3n) is 24.9. The highest BCUT2D eigenvalue weighted by atomic mass is 16.5. The number of rotatable bonds is 39. The minimum Gasteiger partial charge on any atom is -0.497 e. The monoisotopic (exact) mass is 1890 g/mol. The zero-order chi connectivity index (χ0) is 99.1. The average molecular weight is 1890 g/mol. The van der Waals surface area contributed by atoms with Gasteiger partial charge in [0.25, 0.3) is 0 Å². The Hall–Kier alpha value is -13.9. The van der Waals surface area contributed by atoms with Crippen molar-refractivity contribution in [2.45, 2.75) is 195 Å². The summed E-state index contributed by atoms with van der Waals surface area (Å²) in [6.07, 6.45) is 55.0. The number of nitrogens with zero attached hydrogens (tertiary/aromatic N) is 8. The first kappa shape index (κ1) is 107. The summed E-state index contributed by atoms with van der Waals surface area (Å²) < 4.78 is 15.7. The number of aromatic nitrogens is 5. The molecule has 141 heavy (non-hydrogen) atoms. The van der Waals surface area contributed by atoms with E-state index in [0.29, 0.717) is 52.6 Å². The minimum absolute atomic E-state index is 0.0262. The molecule has 0 saturated carbocycles. The summed E-state index contributed by atoms with van der Waals surface area (Å²) in [7, 11) is 1.61. The van der Waals surface area contributed by atoms with Crippen molar-refractivity contribution in [3.8, 4) is 62.0 Å². The Bertz CT molecular complexity index is 5820. The zero-order valence-electron chi connectivity index (χ0n) is 83.9. The molecule has 18 nitrogen and oxygen atoms in total. The van der Waals surface area contributed by atoms with Crippen LogP contribution in [0.2, 0.25) is 0 Å². The van der Waals surface area contributed by atoms with Crippen molar-refractivity contribution < 1.29 is 38.2 Å². The lowest BCUT2D eigenvalue weighted by Crippen LogP contribution is -2.39. The smallest absolute Gasteiger partial charge is 0.248 e. The van der Waals surface area contributed by atoms with Crippen LogP contribution in [0.25, 0.3) is 86.7 Å². The molecule has 3 saturated heterocycles. The molecule has 3 fully saturated rings. The maximum absolute atomic E-state index is 12.2. The van der Waals surface area contributed by atoms with Crippen molar-refractivity contribution in [2.24, 2.45) is 0 Å². The number of morpholine rings is 2. The largest absolute Gasteiger partial charge is 0.497 e. The summed E-state index contributed by atoms with van der Waals surface area (Å²) in [6, 6.07) is 79.1. The topological polar surface area (TPSA) is 211 Å². The van der Waals surface area contributed by atoms with Crippen LogP contribution in [0.15, 0.2) is 298 Å². The van der Waals surface area contributed by atoms with E-state index in [2.05, 4.69) is 167 Å². The van der Waals surface area contributed by atoms with Crippen molar-refractivity contribution in [3.63, 3.8) is 0 Å². The van der Waals surface area contributed by atoms with Gasteiger partial charge in [-0.1, -0.05) is 287 Å². The van der Waals surface area contributed by atoms with Gasteiger partial charge in [-0.15, -0.1) is 0 Å². The number of methoxy groups -OCH3 is 1. The van der Waals surface area contributed by atoms with Crippen LogP contribution in [-0.4, -0.2) is 142 Å². The molecule has 0 bridgehead atoms. The third-order valence-corrected chi connectivity index (χ3v) is 24.9. The normalized spacial score (nSPS) is 13.3. The first-order valence-corrected chi connectivity index (χ1v) is 51.1. The molecule has 5 amide bonds. The van der Waals surface area contributed by atoms with Gasteiger partial charge in [0.1, 0.15) is 5.75 Å². The van der Waals surface area contributed by atoms with Gasteiger partial charge in [0, 0.05) is 134 Å². The molecule has 3 aliphatic heterocycles. The van der Waals surface area contributed by atoms with Crippen molar-refractivity contribution >= 4 is 65.6 Å². The number of unbranched alkanes of at least 4 members (excludes halogenated alkanes) is 10. The van der Waals surface area contributed by atoms with Crippen molar-refractivity contribution in [3.05, 3.63) is 359 Å². The Morgan fingerprint density at radius 3 is 0.929 bits per heavy atom. The highest BCUT2D eigenvalue weighted by molar-refractivity contribution is 6.02. The maximum atomic E-state index is 12.2. The summed E-state index contributed by atoms with van der Waals surface area (Å²) in [5.74, 6) is 0.688. The molecule has 1 atom stereocenters. The first-order chi connectivity index (χ1) is 69.1. The fraction of sp³-hybridized carbons (Fsp3) is 0.333. The van der Waals surface area contributed by atoms with Crippen LogP contribution in [0.3, 0.4) is 0 Å². The van der Waals surface area contributed by atoms with Gasteiger partial charge in [0.05, 0.1) is 68.0 Å². The molecule has 8 heterocycles. The zero-order valence-corrected chi connectivity index (χ0v) is 83.9. The molecule has 15 rings (SSSR count). The number of aryl methyl sites for hydroxylation is 5. The van der Waals surface area contributed by atoms with Gasteiger partial charge in [-0.25, -0.2) is 0 Å². The lowest BCUT2D eigenvalue weighted by atomic mass is 10.0.